The molecular formula is C8H9BrN2O. The lowest BCUT2D eigenvalue weighted by molar-refractivity contribution is 0.0922. The SMILES string of the molecule is CN1CC(=O)c2cc(Br)[nH]c2C1. The van der Waals surface area contributed by atoms with Crippen molar-refractivity contribution in [1.82, 2.24) is 9.88 Å². The van der Waals surface area contributed by atoms with Crippen molar-refractivity contribution < 1.29 is 4.79 Å². The van der Waals surface area contributed by atoms with E-state index >= 15 is 0 Å². The summed E-state index contributed by atoms with van der Waals surface area (Å²) in [6.07, 6.45) is 0. The highest BCUT2D eigenvalue weighted by molar-refractivity contribution is 9.10. The lowest BCUT2D eigenvalue weighted by Gasteiger charge is -2.20. The first-order valence-electron chi connectivity index (χ1n) is 3.76. The first kappa shape index (κ1) is 8.01. The fraction of sp³-hybridized carbons (Fsp3) is 0.375. The van der Waals surface area contributed by atoms with Gasteiger partial charge >= 0.3 is 0 Å². The van der Waals surface area contributed by atoms with E-state index in [0.29, 0.717) is 6.54 Å². The zero-order valence-corrected chi connectivity index (χ0v) is 8.31. The monoisotopic (exact) mass is 228 g/mol. The molecular weight excluding hydrogens is 220 g/mol. The number of hydrogen-bond donors (Lipinski definition) is 1. The second-order valence-corrected chi connectivity index (χ2v) is 3.96. The van der Waals surface area contributed by atoms with E-state index in [2.05, 4.69) is 20.9 Å². The normalized spacial score (nSPS) is 18.0. The van der Waals surface area contributed by atoms with Crippen molar-refractivity contribution in [1.29, 1.82) is 0 Å². The van der Waals surface area contributed by atoms with Crippen molar-refractivity contribution in [3.8, 4) is 0 Å². The second kappa shape index (κ2) is 2.71. The highest BCUT2D eigenvalue weighted by Crippen LogP contribution is 2.21. The Morgan fingerprint density at radius 3 is 3.08 bits per heavy atom. The Kier molecular flexibility index (Phi) is 1.81. The van der Waals surface area contributed by atoms with E-state index in [1.807, 2.05) is 18.0 Å². The van der Waals surface area contributed by atoms with Gasteiger partial charge in [0.15, 0.2) is 5.78 Å². The van der Waals surface area contributed by atoms with Crippen LogP contribution in [0.25, 0.3) is 0 Å². The molecule has 1 aliphatic rings. The molecule has 4 heteroatoms. The summed E-state index contributed by atoms with van der Waals surface area (Å²) >= 11 is 3.31. The zero-order chi connectivity index (χ0) is 8.72. The van der Waals surface area contributed by atoms with E-state index in [1.54, 1.807) is 0 Å². The molecule has 1 aliphatic heterocycles. The van der Waals surface area contributed by atoms with E-state index in [-0.39, 0.29) is 5.78 Å². The molecule has 0 amide bonds. The summed E-state index contributed by atoms with van der Waals surface area (Å²) in [7, 11) is 1.94. The van der Waals surface area contributed by atoms with Gasteiger partial charge in [-0.15, -0.1) is 0 Å². The summed E-state index contributed by atoms with van der Waals surface area (Å²) in [5, 5.41) is 0. The molecule has 64 valence electrons. The molecule has 1 N–H and O–H groups in total. The number of nitrogens with one attached hydrogen (secondary N) is 1. The summed E-state index contributed by atoms with van der Waals surface area (Å²) in [6, 6.07) is 1.85. The topological polar surface area (TPSA) is 36.1 Å². The predicted molar refractivity (Wildman–Crippen MR) is 49.2 cm³/mol. The van der Waals surface area contributed by atoms with Gasteiger partial charge in [0.2, 0.25) is 0 Å². The molecule has 0 saturated heterocycles. The van der Waals surface area contributed by atoms with E-state index in [9.17, 15) is 4.79 Å². The van der Waals surface area contributed by atoms with Crippen LogP contribution in [0.4, 0.5) is 0 Å². The maximum Gasteiger partial charge on any atom is 0.178 e. The molecule has 2 heterocycles. The minimum absolute atomic E-state index is 0.195. The fourth-order valence-corrected chi connectivity index (χ4v) is 1.96. The molecule has 0 aliphatic carbocycles. The number of fused-ring (bicyclic) bond motifs is 1. The molecule has 1 aromatic rings. The highest BCUT2D eigenvalue weighted by atomic mass is 79.9. The second-order valence-electron chi connectivity index (χ2n) is 3.10. The van der Waals surface area contributed by atoms with E-state index < -0.39 is 0 Å². The molecule has 3 nitrogen and oxygen atoms in total. The summed E-state index contributed by atoms with van der Waals surface area (Å²) in [5.74, 6) is 0.195. The average Bonchev–Trinajstić information content (AvgIpc) is 2.29. The molecule has 0 aromatic carbocycles. The van der Waals surface area contributed by atoms with Crippen molar-refractivity contribution in [2.75, 3.05) is 13.6 Å². The van der Waals surface area contributed by atoms with Gasteiger partial charge in [0.05, 0.1) is 11.1 Å². The van der Waals surface area contributed by atoms with Gasteiger partial charge in [-0.3, -0.25) is 9.69 Å². The average molecular weight is 229 g/mol. The summed E-state index contributed by atoms with van der Waals surface area (Å²) in [6.45, 7) is 1.35. The number of nitrogens with zero attached hydrogens (tertiary/aromatic N) is 1. The number of carbonyl (C=O) groups is 1. The van der Waals surface area contributed by atoms with Crippen molar-refractivity contribution in [3.05, 3.63) is 21.9 Å². The number of Topliss-reactive ketones (excluding diaryl/α,β-unsaturated/α-hetero) is 1. The van der Waals surface area contributed by atoms with Crippen LogP contribution in [-0.2, 0) is 6.54 Å². The van der Waals surface area contributed by atoms with Crippen LogP contribution < -0.4 is 0 Å². The lowest BCUT2D eigenvalue weighted by atomic mass is 10.1. The third-order valence-corrected chi connectivity index (χ3v) is 2.44. The number of ketones is 1. The number of aromatic amines is 1. The predicted octanol–water partition coefficient (Wildman–Crippen LogP) is 1.41. The molecule has 2 rings (SSSR count). The molecule has 0 fully saturated rings. The van der Waals surface area contributed by atoms with Crippen molar-refractivity contribution >= 4 is 21.7 Å². The van der Waals surface area contributed by atoms with Gasteiger partial charge in [0.1, 0.15) is 0 Å². The van der Waals surface area contributed by atoms with Gasteiger partial charge in [-0.2, -0.15) is 0 Å². The lowest BCUT2D eigenvalue weighted by Crippen LogP contribution is -2.31. The van der Waals surface area contributed by atoms with Crippen molar-refractivity contribution in [2.24, 2.45) is 0 Å². The largest absolute Gasteiger partial charge is 0.351 e. The Bertz CT molecular complexity index is 332. The number of rotatable bonds is 0. The van der Waals surface area contributed by atoms with E-state index in [1.165, 1.54) is 0 Å². The van der Waals surface area contributed by atoms with Gasteiger partial charge in [-0.05, 0) is 29.0 Å². The van der Waals surface area contributed by atoms with Gasteiger partial charge in [0.25, 0.3) is 0 Å². The van der Waals surface area contributed by atoms with E-state index in [0.717, 1.165) is 22.4 Å². The van der Waals surface area contributed by atoms with Gasteiger partial charge < -0.3 is 4.98 Å². The minimum atomic E-state index is 0.195. The Morgan fingerprint density at radius 2 is 2.33 bits per heavy atom. The molecule has 0 radical (unpaired) electrons. The molecule has 0 unspecified atom stereocenters. The van der Waals surface area contributed by atoms with Crippen LogP contribution >= 0.6 is 15.9 Å². The molecule has 0 spiro atoms. The minimum Gasteiger partial charge on any atom is -0.351 e. The smallest absolute Gasteiger partial charge is 0.178 e. The van der Waals surface area contributed by atoms with Crippen LogP contribution in [0, 0.1) is 0 Å². The Hall–Kier alpha value is -0.610. The zero-order valence-electron chi connectivity index (χ0n) is 6.72. The number of aromatic nitrogens is 1. The first-order valence-corrected chi connectivity index (χ1v) is 4.55. The maximum absolute atomic E-state index is 11.4. The fourth-order valence-electron chi connectivity index (χ4n) is 1.49. The number of likely N-dealkylation sites (N-methyl/N-ethyl adjacent to an activating group) is 1. The van der Waals surface area contributed by atoms with Gasteiger partial charge in [-0.25, -0.2) is 0 Å². The molecule has 0 saturated carbocycles. The van der Waals surface area contributed by atoms with Crippen molar-refractivity contribution in [2.45, 2.75) is 6.54 Å². The third kappa shape index (κ3) is 1.21. The number of hydrogen-bond acceptors (Lipinski definition) is 2. The Balaban J connectivity index is 2.46. The van der Waals surface area contributed by atoms with Crippen LogP contribution in [0.3, 0.4) is 0 Å². The standard InChI is InChI=1S/C8H9BrN2O/c1-11-3-6-5(7(12)4-11)2-8(9)10-6/h2,10H,3-4H2,1H3. The summed E-state index contributed by atoms with van der Waals surface area (Å²) < 4.78 is 0.885. The highest BCUT2D eigenvalue weighted by Gasteiger charge is 2.22. The quantitative estimate of drug-likeness (QED) is 0.730. The van der Waals surface area contributed by atoms with Crippen LogP contribution in [0.5, 0.6) is 0 Å². The van der Waals surface area contributed by atoms with Crippen LogP contribution in [0.1, 0.15) is 16.1 Å². The van der Waals surface area contributed by atoms with Gasteiger partial charge in [0, 0.05) is 17.8 Å². The van der Waals surface area contributed by atoms with Crippen molar-refractivity contribution in [3.63, 3.8) is 0 Å². The summed E-state index contributed by atoms with van der Waals surface area (Å²) in [4.78, 5) is 16.5. The van der Waals surface area contributed by atoms with Gasteiger partial charge in [-0.1, -0.05) is 0 Å². The first-order chi connectivity index (χ1) is 5.66. The molecule has 12 heavy (non-hydrogen) atoms. The number of carbonyl (C=O) groups excluding carboxylic acids is 1. The van der Waals surface area contributed by atoms with Crippen LogP contribution in [0.2, 0.25) is 0 Å². The van der Waals surface area contributed by atoms with Crippen LogP contribution in [0.15, 0.2) is 10.7 Å². The van der Waals surface area contributed by atoms with Crippen LogP contribution in [-0.4, -0.2) is 29.3 Å². The summed E-state index contributed by atoms with van der Waals surface area (Å²) in [5.41, 5.74) is 1.85. The van der Waals surface area contributed by atoms with E-state index in [4.69, 9.17) is 0 Å². The molecule has 0 atom stereocenters. The molecule has 1 aromatic heterocycles. The third-order valence-electron chi connectivity index (χ3n) is 2.01. The molecule has 0 bridgehead atoms. The Morgan fingerprint density at radius 1 is 1.58 bits per heavy atom. The number of halogens is 1. The number of H-pyrrole nitrogens is 1. The maximum atomic E-state index is 11.4. The Labute approximate surface area is 78.9 Å².